The fourth-order valence-electron chi connectivity index (χ4n) is 17.8. The lowest BCUT2D eigenvalue weighted by Crippen LogP contribution is -2.40. The Morgan fingerprint density at radius 2 is 0.712 bits per heavy atom. The first-order chi connectivity index (χ1) is 67.5. The minimum absolute atomic E-state index is 0.0351. The lowest BCUT2D eigenvalue weighted by Gasteiger charge is -2.32. The van der Waals surface area contributed by atoms with Gasteiger partial charge < -0.3 is 33.8 Å². The van der Waals surface area contributed by atoms with E-state index in [9.17, 15) is 19.2 Å². The molecule has 0 unspecified atom stereocenters. The van der Waals surface area contributed by atoms with Gasteiger partial charge in [0, 0.05) is 84.3 Å². The normalized spacial score (nSPS) is 13.7. The third-order valence-corrected chi connectivity index (χ3v) is 27.6. The predicted octanol–water partition coefficient (Wildman–Crippen LogP) is 20.2. The van der Waals surface area contributed by atoms with Gasteiger partial charge in [0.25, 0.3) is 0 Å². The van der Waals surface area contributed by atoms with E-state index < -0.39 is 0 Å². The van der Waals surface area contributed by atoms with E-state index in [1.165, 1.54) is 49.4 Å². The molecule has 2 fully saturated rings. The number of piperidine rings is 2. The molecule has 0 aliphatic carbocycles. The van der Waals surface area contributed by atoms with Crippen molar-refractivity contribution in [2.24, 2.45) is 0 Å². The van der Waals surface area contributed by atoms with Crippen LogP contribution in [0.5, 0.6) is 17.4 Å². The molecule has 0 atom stereocenters. The number of carbonyl (C=O) groups is 4. The Morgan fingerprint density at radius 1 is 0.353 bits per heavy atom. The first-order valence-electron chi connectivity index (χ1n) is 47.2. The van der Waals surface area contributed by atoms with Crippen molar-refractivity contribution in [1.29, 1.82) is 0 Å². The number of benzene rings is 8. The summed E-state index contributed by atoms with van der Waals surface area (Å²) >= 11 is 1.68. The Bertz CT molecular complexity index is 7030. The number of nitrogens with zero attached hydrogens (tertiary/aromatic N) is 19. The predicted molar refractivity (Wildman–Crippen MR) is 543 cm³/mol. The summed E-state index contributed by atoms with van der Waals surface area (Å²) < 4.78 is 22.9. The number of hydrogen-bond acceptors (Lipinski definition) is 19. The molecule has 20 rings (SSSR count). The van der Waals surface area contributed by atoms with Crippen LogP contribution in [0, 0.1) is 62.3 Å². The van der Waals surface area contributed by atoms with Crippen LogP contribution in [0.3, 0.4) is 0 Å². The zero-order valence-corrected chi connectivity index (χ0v) is 81.6. The first kappa shape index (κ1) is 95.2. The van der Waals surface area contributed by atoms with E-state index in [4.69, 9.17) is 34.6 Å². The highest BCUT2D eigenvalue weighted by molar-refractivity contribution is 7.11. The van der Waals surface area contributed by atoms with Crippen LogP contribution in [-0.2, 0) is 58.4 Å². The van der Waals surface area contributed by atoms with Crippen molar-refractivity contribution in [1.82, 2.24) is 93.6 Å². The standard InChI is InChI=1S/2C29H31N5O2.C29H29N5O2.C25H24N4OS/c1-20-9-10-24(15-21(20)2)26-16-27(23-7-5-4-6-8-23)34(32-26)18-29(35)33-13-11-22(12-14-33)25-17-28(36-3)31-19-30-25;2*1-20-9-10-24(15-21(20)2)26-16-27(22-7-5-4-6-8-22)34(32-26)19-28(35)33-13-11-23(12-14-33)29-30-17-25(36-3)18-31-29;1-16-9-10-20(11-17(16)2)21-12-23(19-7-5-4-6-8-19)29(27-21)15-25(30)28-13-22-24(14-28)31-18(3)26-22/h4-10,15-17,19,22H,11-14,18H2,1-3H3;4-10,15-18,23H,11-14,19H2,1-3H3;4-11,15-18H,12-14,19H2,1-3H3;4-12H,13-15H2,1-3H3. The average Bonchev–Trinajstić information content (AvgIpc) is 1.67. The van der Waals surface area contributed by atoms with E-state index in [0.717, 1.165) is 144 Å². The van der Waals surface area contributed by atoms with Crippen molar-refractivity contribution in [3.05, 3.63) is 339 Å². The number of rotatable bonds is 22. The van der Waals surface area contributed by atoms with Gasteiger partial charge in [-0.3, -0.25) is 37.9 Å². The number of hydrogen-bond donors (Lipinski definition) is 0. The molecule has 2 saturated heterocycles. The SMILES string of the molecule is COc1cc(C2CCN(C(=O)Cn3nc(-c4ccc(C)c(C)c4)cc3-c3ccccc3)CC2)ncn1.COc1cnc(C2=CCN(C(=O)Cn3nc(-c4ccc(C)c(C)c4)cc3-c3ccccc3)CC2)nc1.COc1cnc(C2CCN(C(=O)Cn3nc(-c4ccc(C)c(C)c4)cc3-c3ccccc3)CC2)nc1.Cc1nc2c(s1)CN(C(=O)Cn1nc(-c3ccc(C)c(C)c3)cc1-c1ccccc1)C2. The van der Waals surface area contributed by atoms with Crippen LogP contribution in [0.25, 0.3) is 95.6 Å². The zero-order valence-electron chi connectivity index (χ0n) is 80.8. The molecule has 26 nitrogen and oxygen atoms in total. The van der Waals surface area contributed by atoms with Crippen LogP contribution in [0.1, 0.15) is 121 Å². The van der Waals surface area contributed by atoms with Gasteiger partial charge in [-0.05, 0) is 215 Å². The molecule has 27 heteroatoms. The minimum Gasteiger partial charge on any atom is -0.494 e. The topological polar surface area (TPSA) is 270 Å². The van der Waals surface area contributed by atoms with Crippen LogP contribution in [0.15, 0.2) is 262 Å². The molecular formula is C112H115N19O7S. The Morgan fingerprint density at radius 3 is 1.06 bits per heavy atom. The molecule has 0 radical (unpaired) electrons. The van der Waals surface area contributed by atoms with Gasteiger partial charge in [-0.2, -0.15) is 20.4 Å². The fraction of sp³-hybridized carbons (Fsp3) is 0.277. The second-order valence-electron chi connectivity index (χ2n) is 35.8. The molecule has 0 bridgehead atoms. The van der Waals surface area contributed by atoms with Crippen molar-refractivity contribution in [2.75, 3.05) is 60.6 Å². The maximum absolute atomic E-state index is 13.4. The monoisotopic (exact) mass is 1870 g/mol. The van der Waals surface area contributed by atoms with E-state index in [0.29, 0.717) is 87.9 Å². The molecule has 0 N–H and O–H groups in total. The summed E-state index contributed by atoms with van der Waals surface area (Å²) in [5.74, 6) is 4.16. The molecule has 4 amide bonds. The second kappa shape index (κ2) is 43.7. The van der Waals surface area contributed by atoms with Gasteiger partial charge in [-0.1, -0.05) is 176 Å². The minimum atomic E-state index is 0.0351. The van der Waals surface area contributed by atoms with Crippen LogP contribution >= 0.6 is 11.3 Å². The van der Waals surface area contributed by atoms with Crippen LogP contribution in [0.2, 0.25) is 0 Å². The number of thiazole rings is 1. The van der Waals surface area contributed by atoms with Gasteiger partial charge in [0.05, 0.1) is 121 Å². The van der Waals surface area contributed by atoms with E-state index in [-0.39, 0.29) is 55.7 Å². The summed E-state index contributed by atoms with van der Waals surface area (Å²) in [5.41, 5.74) is 28.6. The smallest absolute Gasteiger partial charge is 0.245 e. The summed E-state index contributed by atoms with van der Waals surface area (Å²) in [5, 5.41) is 20.5. The van der Waals surface area contributed by atoms with Crippen LogP contribution in [-0.4, -0.2) is 178 Å². The van der Waals surface area contributed by atoms with Gasteiger partial charge in [0.15, 0.2) is 17.3 Å². The molecule has 8 aromatic heterocycles. The molecule has 12 heterocycles. The highest BCUT2D eigenvalue weighted by atomic mass is 32.1. The Balaban J connectivity index is 0.000000128. The molecule has 16 aromatic rings. The Labute approximate surface area is 815 Å². The lowest BCUT2D eigenvalue weighted by atomic mass is 9.93. The largest absolute Gasteiger partial charge is 0.494 e. The zero-order chi connectivity index (χ0) is 96.7. The molecule has 0 saturated carbocycles. The third-order valence-electron chi connectivity index (χ3n) is 26.6. The maximum atomic E-state index is 13.4. The third kappa shape index (κ3) is 22.9. The van der Waals surface area contributed by atoms with Gasteiger partial charge in [0.1, 0.15) is 38.3 Å². The van der Waals surface area contributed by atoms with E-state index >= 15 is 0 Å². The lowest BCUT2D eigenvalue weighted by molar-refractivity contribution is -0.133. The Hall–Kier alpha value is -15.5. The van der Waals surface area contributed by atoms with Gasteiger partial charge in [0.2, 0.25) is 29.5 Å². The fourth-order valence-corrected chi connectivity index (χ4v) is 18.7. The van der Waals surface area contributed by atoms with Crippen LogP contribution in [0.4, 0.5) is 0 Å². The van der Waals surface area contributed by atoms with E-state index in [1.807, 2.05) is 142 Å². The van der Waals surface area contributed by atoms with Crippen molar-refractivity contribution in [3.63, 3.8) is 0 Å². The summed E-state index contributed by atoms with van der Waals surface area (Å²) in [7, 11) is 4.81. The molecule has 706 valence electrons. The summed E-state index contributed by atoms with van der Waals surface area (Å²) in [4.78, 5) is 92.7. The van der Waals surface area contributed by atoms with Crippen molar-refractivity contribution in [2.45, 2.75) is 146 Å². The highest BCUT2D eigenvalue weighted by Gasteiger charge is 2.32. The number of aryl methyl sites for hydroxylation is 9. The van der Waals surface area contributed by atoms with Gasteiger partial charge in [-0.15, -0.1) is 11.3 Å². The van der Waals surface area contributed by atoms with Crippen molar-refractivity contribution in [3.8, 4) is 107 Å². The number of amides is 4. The summed E-state index contributed by atoms with van der Waals surface area (Å²) in [6, 6.07) is 76.2. The quantitative estimate of drug-likeness (QED) is 0.0610. The second-order valence-corrected chi connectivity index (χ2v) is 37.1. The summed E-state index contributed by atoms with van der Waals surface area (Å²) in [6.07, 6.45) is 14.4. The van der Waals surface area contributed by atoms with Crippen LogP contribution < -0.4 is 14.2 Å². The van der Waals surface area contributed by atoms with Gasteiger partial charge >= 0.3 is 0 Å². The molecule has 4 aliphatic heterocycles. The maximum Gasteiger partial charge on any atom is 0.245 e. The Kier molecular flexibility index (Phi) is 29.9. The number of likely N-dealkylation sites (tertiary alicyclic amines) is 2. The van der Waals surface area contributed by atoms with Crippen molar-refractivity contribution >= 4 is 40.5 Å². The number of fused-ring (bicyclic) bond motifs is 1. The number of carbonyl (C=O) groups excluding carboxylic acids is 4. The van der Waals surface area contributed by atoms with E-state index in [2.05, 4.69) is 224 Å². The molecule has 0 spiro atoms. The number of aromatic nitrogens is 15. The number of ether oxygens (including phenoxy) is 3. The van der Waals surface area contributed by atoms with Gasteiger partial charge in [-0.25, -0.2) is 34.9 Å². The molecule has 139 heavy (non-hydrogen) atoms. The molecular weight excluding hydrogens is 1760 g/mol. The first-order valence-corrected chi connectivity index (χ1v) is 48.0. The van der Waals surface area contributed by atoms with Crippen molar-refractivity contribution < 1.29 is 33.4 Å². The average molecular weight is 1870 g/mol. The highest BCUT2D eigenvalue weighted by Crippen LogP contribution is 2.38. The molecule has 4 aliphatic rings. The number of methoxy groups -OCH3 is 3. The summed E-state index contributed by atoms with van der Waals surface area (Å²) in [6.45, 7) is 24.8. The van der Waals surface area contributed by atoms with E-state index in [1.54, 1.807) is 63.8 Å². The molecule has 8 aromatic carbocycles.